The third-order valence-corrected chi connectivity index (χ3v) is 11.3. The van der Waals surface area contributed by atoms with Crippen LogP contribution in [0.25, 0.3) is 67.3 Å². The molecule has 0 atom stereocenters. The lowest BCUT2D eigenvalue weighted by Gasteiger charge is -2.40. The fourth-order valence-corrected chi connectivity index (χ4v) is 8.73. The minimum Gasteiger partial charge on any atom is -0.457 e. The summed E-state index contributed by atoms with van der Waals surface area (Å²) in [7, 11) is 0. The maximum Gasteiger partial charge on any atom is 0.160 e. The van der Waals surface area contributed by atoms with E-state index < -0.39 is 5.41 Å². The molecule has 0 saturated carbocycles. The van der Waals surface area contributed by atoms with Gasteiger partial charge in [-0.2, -0.15) is 0 Å². The molecule has 7 aromatic carbocycles. The van der Waals surface area contributed by atoms with E-state index in [1.165, 1.54) is 22.3 Å². The molecule has 9 aromatic rings. The van der Waals surface area contributed by atoms with E-state index in [1.54, 1.807) is 0 Å². The van der Waals surface area contributed by atoms with E-state index in [-0.39, 0.29) is 0 Å². The number of ether oxygens (including phenoxy) is 1. The zero-order valence-electron chi connectivity index (χ0n) is 30.3. The van der Waals surface area contributed by atoms with Gasteiger partial charge in [0.1, 0.15) is 11.5 Å². The van der Waals surface area contributed by atoms with Crippen LogP contribution >= 0.6 is 0 Å². The van der Waals surface area contributed by atoms with E-state index >= 15 is 0 Å². The van der Waals surface area contributed by atoms with Crippen LogP contribution < -0.4 is 4.74 Å². The van der Waals surface area contributed by atoms with Crippen molar-refractivity contribution in [3.8, 4) is 78.8 Å². The van der Waals surface area contributed by atoms with Gasteiger partial charge in [0.2, 0.25) is 0 Å². The fourth-order valence-electron chi connectivity index (χ4n) is 8.73. The van der Waals surface area contributed by atoms with Gasteiger partial charge in [-0.1, -0.05) is 140 Å². The molecule has 262 valence electrons. The molecule has 4 heteroatoms. The summed E-state index contributed by atoms with van der Waals surface area (Å²) in [5.41, 5.74) is 15.9. The Labute approximate surface area is 325 Å². The molecule has 3 heterocycles. The number of hydrogen-bond acceptors (Lipinski definition) is 4. The summed E-state index contributed by atoms with van der Waals surface area (Å²) >= 11 is 0. The Hall–Kier alpha value is -7.43. The van der Waals surface area contributed by atoms with E-state index in [0.717, 1.165) is 73.0 Å². The highest BCUT2D eigenvalue weighted by molar-refractivity contribution is 5.90. The molecule has 1 aliphatic carbocycles. The number of aromatic nitrogens is 3. The van der Waals surface area contributed by atoms with Crippen molar-refractivity contribution in [2.75, 3.05) is 0 Å². The highest BCUT2D eigenvalue weighted by atomic mass is 16.5. The molecule has 2 aromatic heterocycles. The zero-order chi connectivity index (χ0) is 37.1. The van der Waals surface area contributed by atoms with E-state index in [4.69, 9.17) is 14.7 Å². The molecule has 0 radical (unpaired) electrons. The molecular formula is C52H33N3O. The summed E-state index contributed by atoms with van der Waals surface area (Å²) in [6, 6.07) is 66.4. The SMILES string of the molecule is c1ccc(-c2cc(-c3ccccc3)nc(-c3cccc(-c4ccc5c(c4)C4(c6cc(-c7ccncc7)ccc6O5)c5ccccc5-c5ccccc54)c3)n2)cc1. The van der Waals surface area contributed by atoms with E-state index in [2.05, 4.69) is 157 Å². The van der Waals surface area contributed by atoms with Crippen molar-refractivity contribution in [3.05, 3.63) is 223 Å². The van der Waals surface area contributed by atoms with Crippen molar-refractivity contribution in [3.63, 3.8) is 0 Å². The Morgan fingerprint density at radius 3 is 1.41 bits per heavy atom. The van der Waals surface area contributed by atoms with Crippen molar-refractivity contribution in [2.45, 2.75) is 5.41 Å². The Morgan fingerprint density at radius 1 is 0.339 bits per heavy atom. The Balaban J connectivity index is 1.10. The van der Waals surface area contributed by atoms with Gasteiger partial charge in [0, 0.05) is 40.2 Å². The minimum absolute atomic E-state index is 0.607. The van der Waals surface area contributed by atoms with Crippen molar-refractivity contribution in [1.29, 1.82) is 0 Å². The highest BCUT2D eigenvalue weighted by Gasteiger charge is 2.51. The molecule has 1 aliphatic heterocycles. The average Bonchev–Trinajstić information content (AvgIpc) is 3.57. The van der Waals surface area contributed by atoms with Crippen LogP contribution in [-0.2, 0) is 5.41 Å². The largest absolute Gasteiger partial charge is 0.457 e. The number of nitrogens with zero attached hydrogens (tertiary/aromatic N) is 3. The number of rotatable bonds is 5. The van der Waals surface area contributed by atoms with E-state index in [0.29, 0.717) is 5.82 Å². The lowest BCUT2D eigenvalue weighted by atomic mass is 9.65. The second-order valence-electron chi connectivity index (χ2n) is 14.4. The van der Waals surface area contributed by atoms with Crippen LogP contribution in [0.15, 0.2) is 200 Å². The van der Waals surface area contributed by atoms with Gasteiger partial charge in [-0.25, -0.2) is 9.97 Å². The van der Waals surface area contributed by atoms with Gasteiger partial charge in [-0.05, 0) is 93.0 Å². The van der Waals surface area contributed by atoms with E-state index in [1.807, 2.05) is 48.8 Å². The number of fused-ring (bicyclic) bond motifs is 9. The minimum atomic E-state index is -0.607. The highest BCUT2D eigenvalue weighted by Crippen LogP contribution is 2.62. The van der Waals surface area contributed by atoms with Crippen LogP contribution in [0.4, 0.5) is 0 Å². The molecule has 0 N–H and O–H groups in total. The van der Waals surface area contributed by atoms with Crippen molar-refractivity contribution in [1.82, 2.24) is 15.0 Å². The van der Waals surface area contributed by atoms with Crippen molar-refractivity contribution < 1.29 is 4.74 Å². The van der Waals surface area contributed by atoms with Gasteiger partial charge in [-0.15, -0.1) is 0 Å². The van der Waals surface area contributed by atoms with Crippen LogP contribution in [0.5, 0.6) is 11.5 Å². The smallest absolute Gasteiger partial charge is 0.160 e. The molecule has 11 rings (SSSR count). The first-order chi connectivity index (χ1) is 27.7. The molecule has 0 bridgehead atoms. The third-order valence-electron chi connectivity index (χ3n) is 11.3. The fraction of sp³-hybridized carbons (Fsp3) is 0.0192. The molecule has 0 amide bonds. The molecule has 0 saturated heterocycles. The molecule has 2 aliphatic rings. The normalized spacial score (nSPS) is 12.9. The Kier molecular flexibility index (Phi) is 7.36. The first-order valence-electron chi connectivity index (χ1n) is 18.9. The molecule has 0 unspecified atom stereocenters. The van der Waals surface area contributed by atoms with Gasteiger partial charge in [-0.3, -0.25) is 4.98 Å². The molecular weight excluding hydrogens is 683 g/mol. The van der Waals surface area contributed by atoms with Crippen LogP contribution in [0, 0.1) is 0 Å². The third kappa shape index (κ3) is 5.04. The summed E-state index contributed by atoms with van der Waals surface area (Å²) in [6.45, 7) is 0. The van der Waals surface area contributed by atoms with Gasteiger partial charge in [0.05, 0.1) is 16.8 Å². The average molecular weight is 716 g/mol. The second-order valence-corrected chi connectivity index (χ2v) is 14.4. The lowest BCUT2D eigenvalue weighted by molar-refractivity contribution is 0.436. The standard InChI is InChI=1S/C52H33N3O/c1-3-12-35(13-4-1)47-33-48(36-14-5-2-6-15-36)55-51(54-47)40-17-11-16-37(30-40)39-23-25-50-46(32-39)52(43-20-9-7-18-41(43)42-19-8-10-21-44(42)52)45-31-38(22-24-49(45)56-50)34-26-28-53-29-27-34/h1-33H. The predicted molar refractivity (Wildman–Crippen MR) is 224 cm³/mol. The maximum absolute atomic E-state index is 6.85. The summed E-state index contributed by atoms with van der Waals surface area (Å²) in [6.07, 6.45) is 3.70. The maximum atomic E-state index is 6.85. The monoisotopic (exact) mass is 715 g/mol. The Morgan fingerprint density at radius 2 is 0.821 bits per heavy atom. The molecule has 0 fully saturated rings. The number of benzene rings is 7. The summed E-state index contributed by atoms with van der Waals surface area (Å²) in [5.74, 6) is 2.40. The van der Waals surface area contributed by atoms with Crippen molar-refractivity contribution in [2.24, 2.45) is 0 Å². The molecule has 4 nitrogen and oxygen atoms in total. The summed E-state index contributed by atoms with van der Waals surface area (Å²) in [4.78, 5) is 14.6. The quantitative estimate of drug-likeness (QED) is 0.178. The predicted octanol–water partition coefficient (Wildman–Crippen LogP) is 12.7. The topological polar surface area (TPSA) is 47.9 Å². The molecule has 56 heavy (non-hydrogen) atoms. The number of hydrogen-bond donors (Lipinski definition) is 0. The Bertz CT molecular complexity index is 2840. The zero-order valence-corrected chi connectivity index (χ0v) is 30.3. The van der Waals surface area contributed by atoms with Gasteiger partial charge in [0.25, 0.3) is 0 Å². The van der Waals surface area contributed by atoms with Gasteiger partial charge < -0.3 is 4.74 Å². The second kappa shape index (κ2) is 12.9. The van der Waals surface area contributed by atoms with Gasteiger partial charge >= 0.3 is 0 Å². The summed E-state index contributed by atoms with van der Waals surface area (Å²) in [5, 5.41) is 0. The van der Waals surface area contributed by atoms with Crippen LogP contribution in [0.2, 0.25) is 0 Å². The number of pyridine rings is 1. The lowest BCUT2D eigenvalue weighted by Crippen LogP contribution is -2.32. The first-order valence-corrected chi connectivity index (χ1v) is 18.9. The summed E-state index contributed by atoms with van der Waals surface area (Å²) < 4.78 is 6.85. The van der Waals surface area contributed by atoms with Crippen LogP contribution in [0.3, 0.4) is 0 Å². The van der Waals surface area contributed by atoms with Crippen molar-refractivity contribution >= 4 is 0 Å². The van der Waals surface area contributed by atoms with Crippen LogP contribution in [-0.4, -0.2) is 15.0 Å². The van der Waals surface area contributed by atoms with E-state index in [9.17, 15) is 0 Å². The van der Waals surface area contributed by atoms with Crippen LogP contribution in [0.1, 0.15) is 22.3 Å². The first kappa shape index (κ1) is 32.0. The molecule has 1 spiro atoms. The van der Waals surface area contributed by atoms with Gasteiger partial charge in [0.15, 0.2) is 5.82 Å².